The minimum atomic E-state index is 0.538. The number of nitrogens with zero attached hydrogens (tertiary/aromatic N) is 2. The van der Waals surface area contributed by atoms with E-state index in [2.05, 4.69) is 22.0 Å². The Morgan fingerprint density at radius 3 is 2.50 bits per heavy atom. The second-order valence-electron chi connectivity index (χ2n) is 3.98. The summed E-state index contributed by atoms with van der Waals surface area (Å²) in [5, 5.41) is 0. The van der Waals surface area contributed by atoms with Gasteiger partial charge in [0.1, 0.15) is 0 Å². The van der Waals surface area contributed by atoms with Gasteiger partial charge in [0.05, 0.1) is 0 Å². The maximum atomic E-state index is 5.68. The normalized spacial score (nSPS) is 20.8. The van der Waals surface area contributed by atoms with E-state index < -0.39 is 0 Å². The topological polar surface area (TPSA) is 42.1 Å². The summed E-state index contributed by atoms with van der Waals surface area (Å²) in [7, 11) is 0. The third-order valence-electron chi connectivity index (χ3n) is 2.81. The number of pyridine rings is 1. The van der Waals surface area contributed by atoms with E-state index in [-0.39, 0.29) is 0 Å². The van der Waals surface area contributed by atoms with Crippen LogP contribution in [0, 0.1) is 13.8 Å². The lowest BCUT2D eigenvalue weighted by Gasteiger charge is -2.42. The first-order chi connectivity index (χ1) is 6.70. The molecule has 1 aromatic heterocycles. The Bertz CT molecular complexity index is 313. The molecule has 0 bridgehead atoms. The lowest BCUT2D eigenvalue weighted by Crippen LogP contribution is -2.52. The molecule has 1 unspecified atom stereocenters. The minimum Gasteiger partial charge on any atom is -0.367 e. The molecular formula is C11H17N3. The van der Waals surface area contributed by atoms with E-state index in [1.807, 2.05) is 13.8 Å². The second-order valence-corrected chi connectivity index (χ2v) is 3.98. The third-order valence-corrected chi connectivity index (χ3v) is 2.81. The van der Waals surface area contributed by atoms with Crippen molar-refractivity contribution in [2.24, 2.45) is 5.73 Å². The van der Waals surface area contributed by atoms with Gasteiger partial charge in [-0.3, -0.25) is 4.98 Å². The molecule has 0 spiro atoms. The predicted octanol–water partition coefficient (Wildman–Crippen LogP) is 1.24. The van der Waals surface area contributed by atoms with E-state index in [0.29, 0.717) is 6.04 Å². The Morgan fingerprint density at radius 1 is 1.43 bits per heavy atom. The van der Waals surface area contributed by atoms with Crippen LogP contribution in [-0.4, -0.2) is 24.1 Å². The van der Waals surface area contributed by atoms with Gasteiger partial charge in [-0.2, -0.15) is 0 Å². The number of anilines is 1. The fraction of sp³-hybridized carbons (Fsp3) is 0.545. The molecule has 0 saturated carbocycles. The van der Waals surface area contributed by atoms with E-state index in [4.69, 9.17) is 5.73 Å². The van der Waals surface area contributed by atoms with E-state index in [0.717, 1.165) is 24.5 Å². The van der Waals surface area contributed by atoms with Crippen molar-refractivity contribution in [3.63, 3.8) is 0 Å². The molecule has 0 aromatic carbocycles. The number of aromatic nitrogens is 1. The molecule has 1 fully saturated rings. The molecule has 0 amide bonds. The molecule has 1 aromatic rings. The zero-order chi connectivity index (χ0) is 10.1. The number of hydrogen-bond donors (Lipinski definition) is 1. The average molecular weight is 191 g/mol. The van der Waals surface area contributed by atoms with Crippen LogP contribution >= 0.6 is 0 Å². The summed E-state index contributed by atoms with van der Waals surface area (Å²) in [6.45, 7) is 5.95. The smallest absolute Gasteiger partial charge is 0.0429 e. The van der Waals surface area contributed by atoms with Crippen LogP contribution in [0.25, 0.3) is 0 Å². The minimum absolute atomic E-state index is 0.538. The van der Waals surface area contributed by atoms with Crippen LogP contribution in [0.5, 0.6) is 0 Å². The molecule has 0 radical (unpaired) electrons. The van der Waals surface area contributed by atoms with Gasteiger partial charge in [-0.15, -0.1) is 0 Å². The molecule has 2 N–H and O–H groups in total. The zero-order valence-electron chi connectivity index (χ0n) is 8.83. The van der Waals surface area contributed by atoms with Crippen LogP contribution in [0.3, 0.4) is 0 Å². The Labute approximate surface area is 84.9 Å². The maximum absolute atomic E-state index is 5.68. The first kappa shape index (κ1) is 9.46. The average Bonchev–Trinajstić information content (AvgIpc) is 2.00. The molecule has 1 aliphatic rings. The van der Waals surface area contributed by atoms with E-state index in [1.165, 1.54) is 12.1 Å². The molecule has 3 nitrogen and oxygen atoms in total. The van der Waals surface area contributed by atoms with Gasteiger partial charge < -0.3 is 10.6 Å². The Hall–Kier alpha value is -1.09. The van der Waals surface area contributed by atoms with E-state index in [9.17, 15) is 0 Å². The highest BCUT2D eigenvalue weighted by Crippen LogP contribution is 2.26. The van der Waals surface area contributed by atoms with Crippen LogP contribution in [0.1, 0.15) is 17.8 Å². The molecule has 2 rings (SSSR count). The van der Waals surface area contributed by atoms with Crippen LogP contribution in [-0.2, 0) is 0 Å². The van der Waals surface area contributed by atoms with Crippen molar-refractivity contribution < 1.29 is 0 Å². The van der Waals surface area contributed by atoms with Gasteiger partial charge >= 0.3 is 0 Å². The molecule has 1 aliphatic heterocycles. The molecule has 1 atom stereocenters. The molecule has 1 saturated heterocycles. The zero-order valence-corrected chi connectivity index (χ0v) is 8.83. The van der Waals surface area contributed by atoms with Crippen molar-refractivity contribution in [1.82, 2.24) is 4.98 Å². The summed E-state index contributed by atoms with van der Waals surface area (Å²) in [6.07, 6.45) is 1.22. The first-order valence-electron chi connectivity index (χ1n) is 5.12. The lowest BCUT2D eigenvalue weighted by atomic mass is 10.0. The van der Waals surface area contributed by atoms with Gasteiger partial charge in [0, 0.05) is 36.2 Å². The number of rotatable bonds is 2. The van der Waals surface area contributed by atoms with Gasteiger partial charge in [0.25, 0.3) is 0 Å². The summed E-state index contributed by atoms with van der Waals surface area (Å²) >= 11 is 0. The highest BCUT2D eigenvalue weighted by molar-refractivity contribution is 5.51. The van der Waals surface area contributed by atoms with Crippen LogP contribution in [0.4, 0.5) is 5.69 Å². The molecule has 76 valence electrons. The monoisotopic (exact) mass is 191 g/mol. The Balaban J connectivity index is 2.23. The van der Waals surface area contributed by atoms with Crippen molar-refractivity contribution in [2.75, 3.05) is 18.0 Å². The van der Waals surface area contributed by atoms with Gasteiger partial charge in [-0.1, -0.05) is 0 Å². The summed E-state index contributed by atoms with van der Waals surface area (Å²) in [6, 6.07) is 4.81. The van der Waals surface area contributed by atoms with Crippen molar-refractivity contribution in [3.8, 4) is 0 Å². The van der Waals surface area contributed by atoms with Gasteiger partial charge in [-0.25, -0.2) is 0 Å². The molecule has 3 heteroatoms. The summed E-state index contributed by atoms with van der Waals surface area (Å²) in [5.41, 5.74) is 9.13. The quantitative estimate of drug-likeness (QED) is 0.764. The van der Waals surface area contributed by atoms with Crippen molar-refractivity contribution in [2.45, 2.75) is 26.3 Å². The van der Waals surface area contributed by atoms with Gasteiger partial charge in [0.15, 0.2) is 0 Å². The molecule has 0 aliphatic carbocycles. The van der Waals surface area contributed by atoms with Crippen LogP contribution in [0.15, 0.2) is 12.1 Å². The van der Waals surface area contributed by atoms with Gasteiger partial charge in [0.2, 0.25) is 0 Å². The lowest BCUT2D eigenvalue weighted by molar-refractivity contribution is 0.456. The summed E-state index contributed by atoms with van der Waals surface area (Å²) in [5.74, 6) is 0. The first-order valence-corrected chi connectivity index (χ1v) is 5.12. The second kappa shape index (κ2) is 3.58. The van der Waals surface area contributed by atoms with Crippen molar-refractivity contribution >= 4 is 5.69 Å². The molecule has 2 heterocycles. The fourth-order valence-corrected chi connectivity index (χ4v) is 2.00. The SMILES string of the molecule is Cc1cc(N2CCC2CN)cc(C)n1. The highest BCUT2D eigenvalue weighted by atomic mass is 15.2. The molecular weight excluding hydrogens is 174 g/mol. The fourth-order valence-electron chi connectivity index (χ4n) is 2.00. The summed E-state index contributed by atoms with van der Waals surface area (Å²) in [4.78, 5) is 6.73. The van der Waals surface area contributed by atoms with Gasteiger partial charge in [-0.05, 0) is 32.4 Å². The van der Waals surface area contributed by atoms with Crippen molar-refractivity contribution in [1.29, 1.82) is 0 Å². The maximum Gasteiger partial charge on any atom is 0.0429 e. The van der Waals surface area contributed by atoms with Crippen LogP contribution in [0.2, 0.25) is 0 Å². The Morgan fingerprint density at radius 2 is 2.07 bits per heavy atom. The van der Waals surface area contributed by atoms with Crippen LogP contribution < -0.4 is 10.6 Å². The molecule has 14 heavy (non-hydrogen) atoms. The number of aryl methyl sites for hydroxylation is 2. The summed E-state index contributed by atoms with van der Waals surface area (Å²) < 4.78 is 0. The number of hydrogen-bond acceptors (Lipinski definition) is 3. The standard InChI is InChI=1S/C11H17N3/c1-8-5-11(6-9(2)13-8)14-4-3-10(14)7-12/h5-6,10H,3-4,7,12H2,1-2H3. The van der Waals surface area contributed by atoms with E-state index >= 15 is 0 Å². The third kappa shape index (κ3) is 1.60. The highest BCUT2D eigenvalue weighted by Gasteiger charge is 2.26. The Kier molecular flexibility index (Phi) is 2.42. The number of nitrogens with two attached hydrogens (primary N) is 1. The largest absolute Gasteiger partial charge is 0.367 e. The van der Waals surface area contributed by atoms with E-state index in [1.54, 1.807) is 0 Å². The van der Waals surface area contributed by atoms with Crippen molar-refractivity contribution in [3.05, 3.63) is 23.5 Å². The predicted molar refractivity (Wildman–Crippen MR) is 58.5 cm³/mol.